The molecule has 3 N–H and O–H groups in total. The van der Waals surface area contributed by atoms with E-state index >= 15 is 0 Å². The molecule has 0 amide bonds. The normalized spacial score (nSPS) is 32.2. The first-order valence-corrected chi connectivity index (χ1v) is 4.79. The number of rotatable bonds is 4. The summed E-state index contributed by atoms with van der Waals surface area (Å²) in [6.45, 7) is 6.93. The van der Waals surface area contributed by atoms with Crippen LogP contribution < -0.4 is 11.1 Å². The minimum atomic E-state index is 0.419. The third-order valence-electron chi connectivity index (χ3n) is 2.62. The molecule has 12 heavy (non-hydrogen) atoms. The zero-order chi connectivity index (χ0) is 8.97. The van der Waals surface area contributed by atoms with Gasteiger partial charge in [0.15, 0.2) is 0 Å². The van der Waals surface area contributed by atoms with Gasteiger partial charge in [0.1, 0.15) is 0 Å². The van der Waals surface area contributed by atoms with Crippen molar-refractivity contribution in [2.45, 2.75) is 32.4 Å². The molecule has 1 aliphatic rings. The van der Waals surface area contributed by atoms with Gasteiger partial charge >= 0.3 is 0 Å². The van der Waals surface area contributed by atoms with Crippen LogP contribution in [0, 0.1) is 5.92 Å². The van der Waals surface area contributed by atoms with Crippen LogP contribution in [-0.4, -0.2) is 31.8 Å². The van der Waals surface area contributed by atoms with Crippen molar-refractivity contribution in [2.75, 3.05) is 19.7 Å². The molecule has 0 aromatic carbocycles. The topological polar surface area (TPSA) is 47.3 Å². The Morgan fingerprint density at radius 1 is 1.67 bits per heavy atom. The fraction of sp³-hybridized carbons (Fsp3) is 1.00. The first-order chi connectivity index (χ1) is 5.74. The molecule has 0 aliphatic carbocycles. The maximum atomic E-state index is 5.50. The summed E-state index contributed by atoms with van der Waals surface area (Å²) < 4.78 is 5.46. The van der Waals surface area contributed by atoms with E-state index in [-0.39, 0.29) is 0 Å². The van der Waals surface area contributed by atoms with Crippen molar-refractivity contribution >= 4 is 0 Å². The van der Waals surface area contributed by atoms with Crippen molar-refractivity contribution < 1.29 is 4.74 Å². The molecular weight excluding hydrogens is 152 g/mol. The number of nitrogens with two attached hydrogens (primary N) is 1. The van der Waals surface area contributed by atoms with Crippen LogP contribution in [0.1, 0.15) is 20.3 Å². The maximum Gasteiger partial charge on any atom is 0.0588 e. The molecule has 3 unspecified atom stereocenters. The molecule has 0 saturated carbocycles. The third-order valence-corrected chi connectivity index (χ3v) is 2.62. The van der Waals surface area contributed by atoms with E-state index < -0.39 is 0 Å². The SMILES string of the molecule is CC(CN)NCC1CCOC1C. The first-order valence-electron chi connectivity index (χ1n) is 4.79. The molecule has 0 aromatic rings. The highest BCUT2D eigenvalue weighted by molar-refractivity contribution is 4.76. The Balaban J connectivity index is 2.13. The second kappa shape index (κ2) is 4.80. The summed E-state index contributed by atoms with van der Waals surface area (Å²) in [6.07, 6.45) is 1.60. The lowest BCUT2D eigenvalue weighted by atomic mass is 10.0. The molecule has 0 radical (unpaired) electrons. The van der Waals surface area contributed by atoms with E-state index in [0.717, 1.165) is 13.2 Å². The Labute approximate surface area is 74.7 Å². The standard InChI is InChI=1S/C9H20N2O/c1-7(5-10)11-6-9-3-4-12-8(9)2/h7-9,11H,3-6,10H2,1-2H3. The van der Waals surface area contributed by atoms with Crippen LogP contribution in [0.25, 0.3) is 0 Å². The second-order valence-electron chi connectivity index (χ2n) is 3.67. The number of hydrogen-bond acceptors (Lipinski definition) is 3. The van der Waals surface area contributed by atoms with Crippen LogP contribution in [-0.2, 0) is 4.74 Å². The summed E-state index contributed by atoms with van der Waals surface area (Å²) in [7, 11) is 0. The Hall–Kier alpha value is -0.120. The molecule has 72 valence electrons. The molecule has 1 aliphatic heterocycles. The minimum Gasteiger partial charge on any atom is -0.378 e. The van der Waals surface area contributed by atoms with Crippen LogP contribution in [0.15, 0.2) is 0 Å². The van der Waals surface area contributed by atoms with Gasteiger partial charge in [-0.05, 0) is 26.2 Å². The van der Waals surface area contributed by atoms with E-state index in [2.05, 4.69) is 19.2 Å². The lowest BCUT2D eigenvalue weighted by molar-refractivity contribution is 0.105. The second-order valence-corrected chi connectivity index (χ2v) is 3.67. The summed E-state index contributed by atoms with van der Waals surface area (Å²) in [5.41, 5.74) is 5.50. The zero-order valence-corrected chi connectivity index (χ0v) is 8.05. The zero-order valence-electron chi connectivity index (χ0n) is 8.05. The molecule has 3 nitrogen and oxygen atoms in total. The monoisotopic (exact) mass is 172 g/mol. The summed E-state index contributed by atoms with van der Waals surface area (Å²) in [5, 5.41) is 3.40. The van der Waals surface area contributed by atoms with Gasteiger partial charge in [0.05, 0.1) is 6.10 Å². The fourth-order valence-corrected chi connectivity index (χ4v) is 1.48. The fourth-order valence-electron chi connectivity index (χ4n) is 1.48. The van der Waals surface area contributed by atoms with Gasteiger partial charge in [-0.15, -0.1) is 0 Å². The molecule has 3 heteroatoms. The predicted molar refractivity (Wildman–Crippen MR) is 50.0 cm³/mol. The van der Waals surface area contributed by atoms with Gasteiger partial charge in [0.25, 0.3) is 0 Å². The van der Waals surface area contributed by atoms with Gasteiger partial charge in [-0.25, -0.2) is 0 Å². The largest absolute Gasteiger partial charge is 0.378 e. The van der Waals surface area contributed by atoms with E-state index in [9.17, 15) is 0 Å². The third kappa shape index (κ3) is 2.73. The summed E-state index contributed by atoms with van der Waals surface area (Å²) in [4.78, 5) is 0. The van der Waals surface area contributed by atoms with Gasteiger partial charge in [0.2, 0.25) is 0 Å². The minimum absolute atomic E-state index is 0.419. The predicted octanol–water partition coefficient (Wildman–Crippen LogP) is 0.348. The highest BCUT2D eigenvalue weighted by atomic mass is 16.5. The van der Waals surface area contributed by atoms with Crippen LogP contribution in [0.5, 0.6) is 0 Å². The Morgan fingerprint density at radius 3 is 2.92 bits per heavy atom. The van der Waals surface area contributed by atoms with Crippen molar-refractivity contribution in [1.82, 2.24) is 5.32 Å². The smallest absolute Gasteiger partial charge is 0.0588 e. The molecular formula is C9H20N2O. The maximum absolute atomic E-state index is 5.50. The summed E-state index contributed by atoms with van der Waals surface area (Å²) in [6, 6.07) is 0.429. The van der Waals surface area contributed by atoms with Crippen LogP contribution in [0.2, 0.25) is 0 Å². The number of nitrogens with one attached hydrogen (secondary N) is 1. The molecule has 0 spiro atoms. The lowest BCUT2D eigenvalue weighted by Crippen LogP contribution is -2.37. The highest BCUT2D eigenvalue weighted by Gasteiger charge is 2.23. The summed E-state index contributed by atoms with van der Waals surface area (Å²) in [5.74, 6) is 0.680. The Morgan fingerprint density at radius 2 is 2.42 bits per heavy atom. The van der Waals surface area contributed by atoms with Crippen molar-refractivity contribution in [3.8, 4) is 0 Å². The van der Waals surface area contributed by atoms with E-state index in [0.29, 0.717) is 24.6 Å². The average molecular weight is 172 g/mol. The van der Waals surface area contributed by atoms with Crippen LogP contribution in [0.3, 0.4) is 0 Å². The van der Waals surface area contributed by atoms with Gasteiger partial charge in [-0.1, -0.05) is 0 Å². The van der Waals surface area contributed by atoms with E-state index in [1.165, 1.54) is 6.42 Å². The molecule has 0 bridgehead atoms. The molecule has 0 aromatic heterocycles. The quantitative estimate of drug-likeness (QED) is 0.643. The van der Waals surface area contributed by atoms with Gasteiger partial charge in [-0.2, -0.15) is 0 Å². The number of hydrogen-bond donors (Lipinski definition) is 2. The van der Waals surface area contributed by atoms with E-state index in [1.54, 1.807) is 0 Å². The molecule has 1 saturated heterocycles. The summed E-state index contributed by atoms with van der Waals surface area (Å²) >= 11 is 0. The molecule has 3 atom stereocenters. The van der Waals surface area contributed by atoms with E-state index in [4.69, 9.17) is 10.5 Å². The van der Waals surface area contributed by atoms with Crippen LogP contribution >= 0.6 is 0 Å². The Bertz CT molecular complexity index is 130. The van der Waals surface area contributed by atoms with E-state index in [1.807, 2.05) is 0 Å². The Kier molecular flexibility index (Phi) is 3.98. The van der Waals surface area contributed by atoms with Crippen molar-refractivity contribution in [3.05, 3.63) is 0 Å². The molecule has 1 fully saturated rings. The van der Waals surface area contributed by atoms with Crippen molar-refractivity contribution in [1.29, 1.82) is 0 Å². The van der Waals surface area contributed by atoms with Gasteiger partial charge in [-0.3, -0.25) is 0 Å². The molecule has 1 heterocycles. The average Bonchev–Trinajstić information content (AvgIpc) is 2.47. The lowest BCUT2D eigenvalue weighted by Gasteiger charge is -2.17. The molecule has 1 rings (SSSR count). The van der Waals surface area contributed by atoms with Gasteiger partial charge < -0.3 is 15.8 Å². The first kappa shape index (κ1) is 9.96. The van der Waals surface area contributed by atoms with Gasteiger partial charge in [0, 0.05) is 25.7 Å². The number of ether oxygens (including phenoxy) is 1. The van der Waals surface area contributed by atoms with Crippen molar-refractivity contribution in [2.24, 2.45) is 11.7 Å². The van der Waals surface area contributed by atoms with Crippen molar-refractivity contribution in [3.63, 3.8) is 0 Å². The highest BCUT2D eigenvalue weighted by Crippen LogP contribution is 2.19. The van der Waals surface area contributed by atoms with Crippen LogP contribution in [0.4, 0.5) is 0 Å².